The number of rotatable bonds is 4. The molecule has 1 N–H and O–H groups in total. The smallest absolute Gasteiger partial charge is 0.0441 e. The van der Waals surface area contributed by atoms with Crippen LogP contribution in [0.25, 0.3) is 0 Å². The molecule has 0 aliphatic rings. The van der Waals surface area contributed by atoms with Gasteiger partial charge in [0.05, 0.1) is 0 Å². The lowest BCUT2D eigenvalue weighted by molar-refractivity contribution is 0.320. The van der Waals surface area contributed by atoms with E-state index in [1.807, 2.05) is 0 Å². The summed E-state index contributed by atoms with van der Waals surface area (Å²) in [6.07, 6.45) is 2.32. The van der Waals surface area contributed by atoms with Gasteiger partial charge in [-0.15, -0.1) is 5.16 Å². The molecule has 1 aromatic carbocycles. The second kappa shape index (κ2) is 5.54. The predicted molar refractivity (Wildman–Crippen MR) is 63.8 cm³/mol. The molecule has 2 nitrogen and oxygen atoms in total. The molecule has 0 fully saturated rings. The average Bonchev–Trinajstić information content (AvgIpc) is 2.26. The van der Waals surface area contributed by atoms with Crippen molar-refractivity contribution in [3.05, 3.63) is 35.4 Å². The molecule has 82 valence electrons. The summed E-state index contributed by atoms with van der Waals surface area (Å²) in [6, 6.07) is 8.66. The van der Waals surface area contributed by atoms with Gasteiger partial charge < -0.3 is 5.21 Å². The Labute approximate surface area is 91.6 Å². The molecule has 1 unspecified atom stereocenters. The van der Waals surface area contributed by atoms with Gasteiger partial charge in [-0.1, -0.05) is 45.0 Å². The molecule has 0 radical (unpaired) electrons. The maximum atomic E-state index is 8.35. The van der Waals surface area contributed by atoms with Gasteiger partial charge in [0.15, 0.2) is 0 Å². The van der Waals surface area contributed by atoms with Crippen molar-refractivity contribution in [3.8, 4) is 0 Å². The van der Waals surface area contributed by atoms with Crippen LogP contribution in [0.3, 0.4) is 0 Å². The molecule has 0 aliphatic carbocycles. The molecule has 0 heterocycles. The van der Waals surface area contributed by atoms with Crippen molar-refractivity contribution in [1.29, 1.82) is 0 Å². The maximum Gasteiger partial charge on any atom is 0.0441 e. The van der Waals surface area contributed by atoms with E-state index in [1.54, 1.807) is 6.21 Å². The number of nitrogens with zero attached hydrogens (tertiary/aromatic N) is 1. The Hall–Kier alpha value is -1.31. The van der Waals surface area contributed by atoms with E-state index in [-0.39, 0.29) is 0 Å². The van der Waals surface area contributed by atoms with Gasteiger partial charge in [0.1, 0.15) is 0 Å². The van der Waals surface area contributed by atoms with Crippen LogP contribution in [0.5, 0.6) is 0 Å². The first kappa shape index (κ1) is 11.8. The van der Waals surface area contributed by atoms with Crippen molar-refractivity contribution in [2.24, 2.45) is 5.16 Å². The molecular weight excluding hydrogens is 186 g/mol. The predicted octanol–water partition coefficient (Wildman–Crippen LogP) is 3.76. The first-order valence-electron chi connectivity index (χ1n) is 5.41. The molecule has 1 rings (SSSR count). The third-order valence-electron chi connectivity index (χ3n) is 2.71. The second-order valence-electron chi connectivity index (χ2n) is 4.26. The minimum Gasteiger partial charge on any atom is -0.411 e. The van der Waals surface area contributed by atoms with Gasteiger partial charge in [0.25, 0.3) is 0 Å². The number of oxime groups is 1. The third kappa shape index (κ3) is 3.39. The largest absolute Gasteiger partial charge is 0.411 e. The molecule has 0 amide bonds. The Morgan fingerprint density at radius 3 is 2.13 bits per heavy atom. The Morgan fingerprint density at radius 1 is 1.13 bits per heavy atom. The van der Waals surface area contributed by atoms with E-state index in [9.17, 15) is 0 Å². The van der Waals surface area contributed by atoms with Crippen LogP contribution in [-0.2, 0) is 0 Å². The lowest BCUT2D eigenvalue weighted by Gasteiger charge is -2.11. The van der Waals surface area contributed by atoms with Crippen LogP contribution in [0, 0.1) is 0 Å². The van der Waals surface area contributed by atoms with E-state index < -0.39 is 0 Å². The zero-order chi connectivity index (χ0) is 11.3. The van der Waals surface area contributed by atoms with E-state index in [0.717, 1.165) is 6.42 Å². The van der Waals surface area contributed by atoms with Crippen molar-refractivity contribution in [2.75, 3.05) is 0 Å². The van der Waals surface area contributed by atoms with E-state index >= 15 is 0 Å². The van der Waals surface area contributed by atoms with Crippen molar-refractivity contribution >= 4 is 6.21 Å². The highest BCUT2D eigenvalue weighted by Gasteiger charge is 2.04. The van der Waals surface area contributed by atoms with Gasteiger partial charge in [0, 0.05) is 6.21 Å². The molecule has 0 spiro atoms. The number of hydrogen-bond donors (Lipinski definition) is 1. The van der Waals surface area contributed by atoms with Crippen LogP contribution >= 0.6 is 0 Å². The van der Waals surface area contributed by atoms with Gasteiger partial charge in [-0.3, -0.25) is 0 Å². The summed E-state index contributed by atoms with van der Waals surface area (Å²) >= 11 is 0. The van der Waals surface area contributed by atoms with Crippen molar-refractivity contribution in [3.63, 3.8) is 0 Å². The van der Waals surface area contributed by atoms with Crippen molar-refractivity contribution in [2.45, 2.75) is 39.0 Å². The SMILES string of the molecule is CC(C)c1ccc(C(C)C/C=N/O)cc1. The standard InChI is InChI=1S/C13H19NO/c1-10(2)12-4-6-13(7-5-12)11(3)8-9-14-15/h4-7,9-11,15H,8H2,1-3H3/b14-9+. The van der Waals surface area contributed by atoms with Gasteiger partial charge in [-0.2, -0.15) is 0 Å². The quantitative estimate of drug-likeness (QED) is 0.453. The monoisotopic (exact) mass is 205 g/mol. The van der Waals surface area contributed by atoms with E-state index in [0.29, 0.717) is 11.8 Å². The third-order valence-corrected chi connectivity index (χ3v) is 2.71. The van der Waals surface area contributed by atoms with E-state index in [2.05, 4.69) is 50.2 Å². The normalized spacial score (nSPS) is 13.6. The van der Waals surface area contributed by atoms with E-state index in [4.69, 9.17) is 5.21 Å². The highest BCUT2D eigenvalue weighted by atomic mass is 16.4. The zero-order valence-electron chi connectivity index (χ0n) is 9.64. The molecular formula is C13H19NO. The summed E-state index contributed by atoms with van der Waals surface area (Å²) < 4.78 is 0. The lowest BCUT2D eigenvalue weighted by Crippen LogP contribution is -1.95. The number of hydrogen-bond acceptors (Lipinski definition) is 2. The first-order valence-corrected chi connectivity index (χ1v) is 5.41. The molecule has 0 bridgehead atoms. The molecule has 15 heavy (non-hydrogen) atoms. The van der Waals surface area contributed by atoms with Gasteiger partial charge in [-0.05, 0) is 29.4 Å². The van der Waals surface area contributed by atoms with Crippen molar-refractivity contribution < 1.29 is 5.21 Å². The minimum absolute atomic E-state index is 0.405. The second-order valence-corrected chi connectivity index (χ2v) is 4.26. The summed E-state index contributed by atoms with van der Waals surface area (Å²) in [5.74, 6) is 0.982. The Balaban J connectivity index is 2.70. The van der Waals surface area contributed by atoms with Gasteiger partial charge >= 0.3 is 0 Å². The Bertz CT molecular complexity index is 314. The maximum absolute atomic E-state index is 8.35. The van der Waals surface area contributed by atoms with Gasteiger partial charge in [-0.25, -0.2) is 0 Å². The van der Waals surface area contributed by atoms with Crippen molar-refractivity contribution in [1.82, 2.24) is 0 Å². The molecule has 1 aromatic rings. The van der Waals surface area contributed by atoms with E-state index in [1.165, 1.54) is 11.1 Å². The summed E-state index contributed by atoms with van der Waals surface area (Å²) in [5.41, 5.74) is 2.65. The average molecular weight is 205 g/mol. The molecule has 0 aromatic heterocycles. The number of benzene rings is 1. The van der Waals surface area contributed by atoms with Crippen LogP contribution in [0.15, 0.2) is 29.4 Å². The fraction of sp³-hybridized carbons (Fsp3) is 0.462. The highest BCUT2D eigenvalue weighted by molar-refractivity contribution is 5.57. The van der Waals surface area contributed by atoms with Crippen LogP contribution in [0.2, 0.25) is 0 Å². The van der Waals surface area contributed by atoms with Crippen LogP contribution in [0.4, 0.5) is 0 Å². The fourth-order valence-electron chi connectivity index (χ4n) is 1.55. The zero-order valence-corrected chi connectivity index (χ0v) is 9.64. The molecule has 1 atom stereocenters. The Morgan fingerprint density at radius 2 is 1.67 bits per heavy atom. The van der Waals surface area contributed by atoms with Crippen LogP contribution < -0.4 is 0 Å². The lowest BCUT2D eigenvalue weighted by atomic mass is 9.95. The molecule has 0 saturated carbocycles. The summed E-state index contributed by atoms with van der Waals surface area (Å²) in [7, 11) is 0. The summed E-state index contributed by atoms with van der Waals surface area (Å²) in [5, 5.41) is 11.4. The van der Waals surface area contributed by atoms with Gasteiger partial charge in [0.2, 0.25) is 0 Å². The Kier molecular flexibility index (Phi) is 4.35. The molecule has 0 aliphatic heterocycles. The minimum atomic E-state index is 0.405. The fourth-order valence-corrected chi connectivity index (χ4v) is 1.55. The highest BCUT2D eigenvalue weighted by Crippen LogP contribution is 2.21. The molecule has 2 heteroatoms. The summed E-state index contributed by atoms with van der Waals surface area (Å²) in [6.45, 7) is 6.51. The first-order chi connectivity index (χ1) is 7.15. The van der Waals surface area contributed by atoms with Crippen LogP contribution in [-0.4, -0.2) is 11.4 Å². The topological polar surface area (TPSA) is 32.6 Å². The van der Waals surface area contributed by atoms with Crippen LogP contribution in [0.1, 0.15) is 50.2 Å². The summed E-state index contributed by atoms with van der Waals surface area (Å²) in [4.78, 5) is 0. The molecule has 0 saturated heterocycles.